The second-order valence-corrected chi connectivity index (χ2v) is 7.49. The standard InChI is InChI=1S/C19H28FNO2/c1-19(2,3)18(14-9-11-15(20)12-10-14)21-17(22)13-23-16-7-5-4-6-8-16/h9-12,16,18H,4-8,13H2,1-3H3,(H,21,22). The van der Waals surface area contributed by atoms with Crippen LogP contribution in [0.5, 0.6) is 0 Å². The van der Waals surface area contributed by atoms with Gasteiger partial charge in [0.2, 0.25) is 5.91 Å². The van der Waals surface area contributed by atoms with Crippen molar-refractivity contribution < 1.29 is 13.9 Å². The van der Waals surface area contributed by atoms with E-state index in [2.05, 4.69) is 26.1 Å². The van der Waals surface area contributed by atoms with Gasteiger partial charge in [-0.1, -0.05) is 52.2 Å². The maximum absolute atomic E-state index is 13.1. The smallest absolute Gasteiger partial charge is 0.246 e. The van der Waals surface area contributed by atoms with Crippen LogP contribution in [0, 0.1) is 11.2 Å². The largest absolute Gasteiger partial charge is 0.368 e. The maximum atomic E-state index is 13.1. The predicted molar refractivity (Wildman–Crippen MR) is 89.6 cm³/mol. The Morgan fingerprint density at radius 3 is 2.39 bits per heavy atom. The van der Waals surface area contributed by atoms with Gasteiger partial charge in [0.1, 0.15) is 12.4 Å². The quantitative estimate of drug-likeness (QED) is 0.874. The first kappa shape index (κ1) is 17.9. The second-order valence-electron chi connectivity index (χ2n) is 7.49. The Bertz CT molecular complexity index is 501. The molecule has 1 fully saturated rings. The molecule has 1 atom stereocenters. The van der Waals surface area contributed by atoms with Gasteiger partial charge in [0.15, 0.2) is 0 Å². The summed E-state index contributed by atoms with van der Waals surface area (Å²) in [6.45, 7) is 6.27. The first-order valence-electron chi connectivity index (χ1n) is 8.52. The SMILES string of the molecule is CC(C)(C)C(NC(=O)COC1CCCCC1)c1ccc(F)cc1. The normalized spacial score (nSPS) is 17.7. The molecule has 1 N–H and O–H groups in total. The van der Waals surface area contributed by atoms with Crippen molar-refractivity contribution in [3.8, 4) is 0 Å². The van der Waals surface area contributed by atoms with Crippen molar-refractivity contribution in [2.24, 2.45) is 5.41 Å². The summed E-state index contributed by atoms with van der Waals surface area (Å²) in [6, 6.07) is 6.14. The molecule has 1 aliphatic rings. The summed E-state index contributed by atoms with van der Waals surface area (Å²) < 4.78 is 18.9. The van der Waals surface area contributed by atoms with Gasteiger partial charge in [0.05, 0.1) is 12.1 Å². The molecule has 1 aromatic rings. The number of carbonyl (C=O) groups excluding carboxylic acids is 1. The first-order valence-corrected chi connectivity index (χ1v) is 8.52. The third-order valence-electron chi connectivity index (χ3n) is 4.38. The van der Waals surface area contributed by atoms with Crippen molar-refractivity contribution in [2.45, 2.75) is 65.0 Å². The molecule has 1 saturated carbocycles. The van der Waals surface area contributed by atoms with Gasteiger partial charge in [-0.05, 0) is 36.0 Å². The van der Waals surface area contributed by atoms with Crippen LogP contribution in [0.4, 0.5) is 4.39 Å². The lowest BCUT2D eigenvalue weighted by molar-refractivity contribution is -0.130. The van der Waals surface area contributed by atoms with Crippen molar-refractivity contribution in [1.82, 2.24) is 5.32 Å². The highest BCUT2D eigenvalue weighted by Gasteiger charge is 2.28. The molecule has 0 spiro atoms. The van der Waals surface area contributed by atoms with E-state index in [0.29, 0.717) is 0 Å². The Labute approximate surface area is 138 Å². The molecule has 1 unspecified atom stereocenters. The lowest BCUT2D eigenvalue weighted by Crippen LogP contribution is -2.39. The van der Waals surface area contributed by atoms with E-state index in [0.717, 1.165) is 18.4 Å². The number of hydrogen-bond acceptors (Lipinski definition) is 2. The average molecular weight is 321 g/mol. The molecule has 4 heteroatoms. The zero-order valence-electron chi connectivity index (χ0n) is 14.4. The summed E-state index contributed by atoms with van der Waals surface area (Å²) >= 11 is 0. The minimum atomic E-state index is -0.270. The lowest BCUT2D eigenvalue weighted by Gasteiger charge is -2.32. The number of hydrogen-bond donors (Lipinski definition) is 1. The fraction of sp³-hybridized carbons (Fsp3) is 0.632. The molecule has 128 valence electrons. The van der Waals surface area contributed by atoms with Crippen LogP contribution in [0.1, 0.15) is 64.5 Å². The van der Waals surface area contributed by atoms with Crippen LogP contribution in [-0.2, 0) is 9.53 Å². The Balaban J connectivity index is 1.94. The molecule has 0 aliphatic heterocycles. The monoisotopic (exact) mass is 321 g/mol. The summed E-state index contributed by atoms with van der Waals surface area (Å²) in [5.41, 5.74) is 0.739. The van der Waals surface area contributed by atoms with Crippen LogP contribution in [0.25, 0.3) is 0 Å². The molecule has 3 nitrogen and oxygen atoms in total. The average Bonchev–Trinajstić information content (AvgIpc) is 2.52. The van der Waals surface area contributed by atoms with E-state index >= 15 is 0 Å². The number of halogens is 1. The minimum Gasteiger partial charge on any atom is -0.368 e. The van der Waals surface area contributed by atoms with E-state index in [-0.39, 0.29) is 35.9 Å². The molecule has 0 radical (unpaired) electrons. The van der Waals surface area contributed by atoms with Crippen molar-refractivity contribution in [3.63, 3.8) is 0 Å². The van der Waals surface area contributed by atoms with Gasteiger partial charge in [-0.15, -0.1) is 0 Å². The van der Waals surface area contributed by atoms with Crippen molar-refractivity contribution in [1.29, 1.82) is 0 Å². The summed E-state index contributed by atoms with van der Waals surface area (Å²) in [6.07, 6.45) is 5.96. The van der Waals surface area contributed by atoms with Crippen LogP contribution < -0.4 is 5.32 Å². The summed E-state index contributed by atoms with van der Waals surface area (Å²) in [5.74, 6) is -0.381. The molecule has 1 amide bonds. The maximum Gasteiger partial charge on any atom is 0.246 e. The highest BCUT2D eigenvalue weighted by atomic mass is 19.1. The Morgan fingerprint density at radius 1 is 1.22 bits per heavy atom. The summed E-state index contributed by atoms with van der Waals surface area (Å²) in [4.78, 5) is 12.3. The Hall–Kier alpha value is -1.42. The van der Waals surface area contributed by atoms with Crippen LogP contribution in [0.2, 0.25) is 0 Å². The van der Waals surface area contributed by atoms with Crippen molar-refractivity contribution in [3.05, 3.63) is 35.6 Å². The van der Waals surface area contributed by atoms with Crippen LogP contribution in [-0.4, -0.2) is 18.6 Å². The van der Waals surface area contributed by atoms with Crippen molar-refractivity contribution in [2.75, 3.05) is 6.61 Å². The summed E-state index contributed by atoms with van der Waals surface area (Å²) in [7, 11) is 0. The van der Waals surface area contributed by atoms with Gasteiger partial charge < -0.3 is 10.1 Å². The van der Waals surface area contributed by atoms with Gasteiger partial charge in [-0.3, -0.25) is 4.79 Å². The number of benzene rings is 1. The predicted octanol–water partition coefficient (Wildman–Crippen LogP) is 4.38. The van der Waals surface area contributed by atoms with Crippen molar-refractivity contribution >= 4 is 5.91 Å². The van der Waals surface area contributed by atoms with E-state index < -0.39 is 0 Å². The van der Waals surface area contributed by atoms with Gasteiger partial charge in [0, 0.05) is 0 Å². The molecule has 2 rings (SSSR count). The van der Waals surface area contributed by atoms with E-state index in [1.54, 1.807) is 12.1 Å². The lowest BCUT2D eigenvalue weighted by atomic mass is 9.82. The molecule has 23 heavy (non-hydrogen) atoms. The summed E-state index contributed by atoms with van der Waals surface area (Å²) in [5, 5.41) is 3.05. The molecule has 0 saturated heterocycles. The van der Waals surface area contributed by atoms with Crippen LogP contribution in [0.3, 0.4) is 0 Å². The van der Waals surface area contributed by atoms with E-state index in [1.165, 1.54) is 31.4 Å². The molecule has 0 aromatic heterocycles. The van der Waals surface area contributed by atoms with Crippen LogP contribution in [0.15, 0.2) is 24.3 Å². The highest BCUT2D eigenvalue weighted by Crippen LogP contribution is 2.32. The Morgan fingerprint density at radius 2 is 1.83 bits per heavy atom. The molecule has 0 heterocycles. The molecular formula is C19H28FNO2. The third kappa shape index (κ3) is 5.61. The number of carbonyl (C=O) groups is 1. The van der Waals surface area contributed by atoms with Crippen LogP contribution >= 0.6 is 0 Å². The number of amides is 1. The van der Waals surface area contributed by atoms with E-state index in [1.807, 2.05) is 0 Å². The zero-order chi connectivity index (χ0) is 16.9. The fourth-order valence-corrected chi connectivity index (χ4v) is 3.08. The molecule has 1 aromatic carbocycles. The molecule has 0 bridgehead atoms. The topological polar surface area (TPSA) is 38.3 Å². The Kier molecular flexibility index (Phi) is 6.17. The van der Waals surface area contributed by atoms with Gasteiger partial charge in [0.25, 0.3) is 0 Å². The minimum absolute atomic E-state index is 0.0957. The zero-order valence-corrected chi connectivity index (χ0v) is 14.4. The molecular weight excluding hydrogens is 293 g/mol. The number of ether oxygens (including phenoxy) is 1. The second kappa shape index (κ2) is 7.91. The van der Waals surface area contributed by atoms with E-state index in [4.69, 9.17) is 4.74 Å². The fourth-order valence-electron chi connectivity index (χ4n) is 3.08. The number of nitrogens with one attached hydrogen (secondary N) is 1. The van der Waals surface area contributed by atoms with E-state index in [9.17, 15) is 9.18 Å². The third-order valence-corrected chi connectivity index (χ3v) is 4.38. The van der Waals surface area contributed by atoms with Gasteiger partial charge in [-0.2, -0.15) is 0 Å². The highest BCUT2D eigenvalue weighted by molar-refractivity contribution is 5.77. The van der Waals surface area contributed by atoms with Gasteiger partial charge >= 0.3 is 0 Å². The number of rotatable bonds is 5. The van der Waals surface area contributed by atoms with Gasteiger partial charge in [-0.25, -0.2) is 4.39 Å². The molecule has 1 aliphatic carbocycles. The first-order chi connectivity index (χ1) is 10.9.